The predicted molar refractivity (Wildman–Crippen MR) is 72.0 cm³/mol. The molecule has 0 saturated carbocycles. The van der Waals surface area contributed by atoms with E-state index in [1.165, 1.54) is 4.90 Å². The third-order valence-electron chi connectivity index (χ3n) is 3.58. The van der Waals surface area contributed by atoms with Crippen molar-refractivity contribution in [2.45, 2.75) is 38.1 Å². The molecule has 1 aromatic rings. The van der Waals surface area contributed by atoms with Crippen LogP contribution < -0.4 is 0 Å². The van der Waals surface area contributed by atoms with Crippen LogP contribution in [0.25, 0.3) is 0 Å². The van der Waals surface area contributed by atoms with E-state index in [0.717, 1.165) is 6.42 Å². The number of hydrogen-bond donors (Lipinski definition) is 1. The Morgan fingerprint density at radius 1 is 1.53 bits per heavy atom. The quantitative estimate of drug-likeness (QED) is 0.921. The summed E-state index contributed by atoms with van der Waals surface area (Å²) in [6.45, 7) is 2.39. The van der Waals surface area contributed by atoms with E-state index in [2.05, 4.69) is 15.9 Å². The van der Waals surface area contributed by atoms with E-state index < -0.39 is 11.5 Å². The molecule has 6 heteroatoms. The Balaban J connectivity index is 2.31. The summed E-state index contributed by atoms with van der Waals surface area (Å²) in [5.74, 6) is -1.10. The number of aliphatic carboxylic acids is 1. The van der Waals surface area contributed by atoms with Gasteiger partial charge >= 0.3 is 5.97 Å². The Hall–Kier alpha value is -1.30. The zero-order valence-corrected chi connectivity index (χ0v) is 12.3. The molecule has 104 valence electrons. The van der Waals surface area contributed by atoms with Crippen LogP contribution in [-0.2, 0) is 4.79 Å². The van der Waals surface area contributed by atoms with Gasteiger partial charge < -0.3 is 14.4 Å². The van der Waals surface area contributed by atoms with Gasteiger partial charge in [-0.05, 0) is 47.3 Å². The highest BCUT2D eigenvalue weighted by Crippen LogP contribution is 2.35. The molecule has 2 heterocycles. The Labute approximate surface area is 119 Å². The minimum Gasteiger partial charge on any atom is -0.479 e. The molecule has 0 aromatic carbocycles. The molecule has 1 amide bonds. The largest absolute Gasteiger partial charge is 0.479 e. The number of nitrogens with zero attached hydrogens (tertiary/aromatic N) is 1. The zero-order valence-electron chi connectivity index (χ0n) is 10.7. The van der Waals surface area contributed by atoms with E-state index in [1.54, 1.807) is 12.1 Å². The lowest BCUT2D eigenvalue weighted by molar-refractivity contribution is -0.148. The van der Waals surface area contributed by atoms with E-state index in [4.69, 9.17) is 4.42 Å². The van der Waals surface area contributed by atoms with E-state index in [1.807, 2.05) is 6.92 Å². The molecule has 0 spiro atoms. The Kier molecular flexibility index (Phi) is 3.99. The number of likely N-dealkylation sites (tertiary alicyclic amines) is 1. The lowest BCUT2D eigenvalue weighted by Crippen LogP contribution is -2.53. The lowest BCUT2D eigenvalue weighted by atomic mass is 9.90. The first kappa shape index (κ1) is 14.1. The van der Waals surface area contributed by atoms with E-state index in [0.29, 0.717) is 30.5 Å². The molecule has 1 unspecified atom stereocenters. The summed E-state index contributed by atoms with van der Waals surface area (Å²) in [6.07, 6.45) is 2.40. The average molecular weight is 330 g/mol. The summed E-state index contributed by atoms with van der Waals surface area (Å²) in [5, 5.41) is 9.53. The highest BCUT2D eigenvalue weighted by Gasteiger charge is 2.49. The summed E-state index contributed by atoms with van der Waals surface area (Å²) in [4.78, 5) is 25.5. The second kappa shape index (κ2) is 5.36. The monoisotopic (exact) mass is 329 g/mol. The van der Waals surface area contributed by atoms with Gasteiger partial charge in [-0.25, -0.2) is 4.79 Å². The standard InChI is InChI=1S/C13H16BrNO4/c1-2-6-13(12(17)18)7-3-8-15(13)11(16)9-4-5-10(14)19-9/h4-5H,2-3,6-8H2,1H3,(H,17,18). The summed E-state index contributed by atoms with van der Waals surface area (Å²) in [5.41, 5.74) is -1.08. The summed E-state index contributed by atoms with van der Waals surface area (Å²) in [7, 11) is 0. The maximum atomic E-state index is 12.4. The molecule has 1 aliphatic rings. The normalized spacial score (nSPS) is 22.7. The van der Waals surface area contributed by atoms with Crippen molar-refractivity contribution in [2.75, 3.05) is 6.54 Å². The molecule has 1 aromatic heterocycles. The molecule has 1 atom stereocenters. The van der Waals surface area contributed by atoms with Crippen LogP contribution in [0, 0.1) is 0 Å². The first-order valence-electron chi connectivity index (χ1n) is 6.32. The van der Waals surface area contributed by atoms with Crippen LogP contribution >= 0.6 is 15.9 Å². The van der Waals surface area contributed by atoms with Gasteiger partial charge in [0.1, 0.15) is 5.54 Å². The van der Waals surface area contributed by atoms with Crippen molar-refractivity contribution in [3.63, 3.8) is 0 Å². The van der Waals surface area contributed by atoms with Crippen molar-refractivity contribution in [3.8, 4) is 0 Å². The van der Waals surface area contributed by atoms with Crippen LogP contribution in [-0.4, -0.2) is 34.0 Å². The number of carboxylic acids is 1. The lowest BCUT2D eigenvalue weighted by Gasteiger charge is -2.34. The van der Waals surface area contributed by atoms with Crippen LogP contribution in [0.2, 0.25) is 0 Å². The second-order valence-electron chi connectivity index (χ2n) is 4.75. The SMILES string of the molecule is CCCC1(C(=O)O)CCCN1C(=O)c1ccc(Br)o1. The molecule has 0 bridgehead atoms. The van der Waals surface area contributed by atoms with Gasteiger partial charge in [0.05, 0.1) is 0 Å². The number of carboxylic acid groups (broad SMARTS) is 1. The van der Waals surface area contributed by atoms with Gasteiger partial charge in [-0.2, -0.15) is 0 Å². The minimum atomic E-state index is -1.08. The number of hydrogen-bond acceptors (Lipinski definition) is 3. The number of furan rings is 1. The Bertz CT molecular complexity index is 499. The third-order valence-corrected chi connectivity index (χ3v) is 4.01. The van der Waals surface area contributed by atoms with Gasteiger partial charge in [0.2, 0.25) is 0 Å². The fraction of sp³-hybridized carbons (Fsp3) is 0.538. The zero-order chi connectivity index (χ0) is 14.0. The molecular formula is C13H16BrNO4. The fourth-order valence-electron chi connectivity index (χ4n) is 2.74. The van der Waals surface area contributed by atoms with E-state index >= 15 is 0 Å². The van der Waals surface area contributed by atoms with Gasteiger partial charge in [0.15, 0.2) is 10.4 Å². The van der Waals surface area contributed by atoms with Crippen LogP contribution in [0.5, 0.6) is 0 Å². The number of amides is 1. The van der Waals surface area contributed by atoms with Crippen LogP contribution in [0.4, 0.5) is 0 Å². The number of rotatable bonds is 4. The highest BCUT2D eigenvalue weighted by atomic mass is 79.9. The number of carbonyl (C=O) groups excluding carboxylic acids is 1. The first-order valence-corrected chi connectivity index (χ1v) is 7.11. The molecular weight excluding hydrogens is 314 g/mol. The van der Waals surface area contributed by atoms with Gasteiger partial charge in [-0.15, -0.1) is 0 Å². The van der Waals surface area contributed by atoms with Crippen molar-refractivity contribution in [3.05, 3.63) is 22.6 Å². The Morgan fingerprint density at radius 2 is 2.26 bits per heavy atom. The number of carbonyl (C=O) groups is 2. The van der Waals surface area contributed by atoms with Crippen molar-refractivity contribution in [1.82, 2.24) is 4.90 Å². The molecule has 0 radical (unpaired) electrons. The van der Waals surface area contributed by atoms with Crippen molar-refractivity contribution >= 4 is 27.8 Å². The minimum absolute atomic E-state index is 0.176. The number of halogens is 1. The van der Waals surface area contributed by atoms with Gasteiger partial charge in [-0.3, -0.25) is 4.79 Å². The molecule has 2 rings (SSSR count). The van der Waals surface area contributed by atoms with Gasteiger partial charge in [0.25, 0.3) is 5.91 Å². The fourth-order valence-corrected chi connectivity index (χ4v) is 3.05. The molecule has 1 N–H and O–H groups in total. The summed E-state index contributed by atoms with van der Waals surface area (Å²) in [6, 6.07) is 3.19. The molecule has 19 heavy (non-hydrogen) atoms. The highest BCUT2D eigenvalue weighted by molar-refractivity contribution is 9.10. The van der Waals surface area contributed by atoms with Gasteiger partial charge in [-0.1, -0.05) is 13.3 Å². The average Bonchev–Trinajstić information content (AvgIpc) is 2.96. The van der Waals surface area contributed by atoms with Crippen LogP contribution in [0.1, 0.15) is 43.2 Å². The summed E-state index contributed by atoms with van der Waals surface area (Å²) >= 11 is 3.14. The predicted octanol–water partition coefficient (Wildman–Crippen LogP) is 2.90. The van der Waals surface area contributed by atoms with Crippen molar-refractivity contribution in [1.29, 1.82) is 0 Å². The Morgan fingerprint density at radius 3 is 2.79 bits per heavy atom. The van der Waals surface area contributed by atoms with Crippen molar-refractivity contribution in [2.24, 2.45) is 0 Å². The first-order chi connectivity index (χ1) is 9.01. The maximum Gasteiger partial charge on any atom is 0.329 e. The van der Waals surface area contributed by atoms with Crippen LogP contribution in [0.15, 0.2) is 21.2 Å². The van der Waals surface area contributed by atoms with E-state index in [9.17, 15) is 14.7 Å². The molecule has 5 nitrogen and oxygen atoms in total. The second-order valence-corrected chi connectivity index (χ2v) is 5.53. The van der Waals surface area contributed by atoms with Gasteiger partial charge in [0, 0.05) is 6.54 Å². The molecule has 1 aliphatic heterocycles. The maximum absolute atomic E-state index is 12.4. The smallest absolute Gasteiger partial charge is 0.329 e. The topological polar surface area (TPSA) is 70.8 Å². The molecule has 1 fully saturated rings. The van der Waals surface area contributed by atoms with Crippen molar-refractivity contribution < 1.29 is 19.1 Å². The van der Waals surface area contributed by atoms with E-state index in [-0.39, 0.29) is 11.7 Å². The summed E-state index contributed by atoms with van der Waals surface area (Å²) < 4.78 is 5.71. The van der Waals surface area contributed by atoms with Crippen LogP contribution in [0.3, 0.4) is 0 Å². The third kappa shape index (κ3) is 2.41. The molecule has 0 aliphatic carbocycles. The molecule has 1 saturated heterocycles.